The van der Waals surface area contributed by atoms with Crippen LogP contribution in [0.15, 0.2) is 41.8 Å². The van der Waals surface area contributed by atoms with Gasteiger partial charge in [0.05, 0.1) is 23.8 Å². The van der Waals surface area contributed by atoms with Crippen LogP contribution in [0.5, 0.6) is 0 Å². The summed E-state index contributed by atoms with van der Waals surface area (Å²) in [6.07, 6.45) is 2.32. The van der Waals surface area contributed by atoms with Gasteiger partial charge in [0.15, 0.2) is 5.13 Å². The van der Waals surface area contributed by atoms with E-state index in [1.165, 1.54) is 23.5 Å². The second kappa shape index (κ2) is 6.05. The molecule has 0 aliphatic carbocycles. The lowest BCUT2D eigenvalue weighted by Crippen LogP contribution is -2.39. The molecule has 1 saturated heterocycles. The van der Waals surface area contributed by atoms with Gasteiger partial charge < -0.3 is 15.2 Å². The number of carbonyl (C=O) groups excluding carboxylic acids is 1. The van der Waals surface area contributed by atoms with Crippen molar-refractivity contribution in [1.82, 2.24) is 4.98 Å². The minimum Gasteiger partial charge on any atom is -0.481 e. The molecule has 6 nitrogen and oxygen atoms in total. The van der Waals surface area contributed by atoms with Crippen LogP contribution < -0.4 is 5.32 Å². The van der Waals surface area contributed by atoms with Gasteiger partial charge >= 0.3 is 5.97 Å². The molecule has 25 heavy (non-hydrogen) atoms. The number of carboxylic acids is 1. The van der Waals surface area contributed by atoms with Gasteiger partial charge in [0.25, 0.3) is 0 Å². The average molecular weight is 360 g/mol. The van der Waals surface area contributed by atoms with Crippen LogP contribution in [0.3, 0.4) is 0 Å². The zero-order valence-electron chi connectivity index (χ0n) is 12.8. The van der Waals surface area contributed by atoms with E-state index in [4.69, 9.17) is 4.74 Å². The number of halogens is 1. The highest BCUT2D eigenvalue weighted by molar-refractivity contribution is 7.14. The third-order valence-corrected chi connectivity index (χ3v) is 5.12. The van der Waals surface area contributed by atoms with Gasteiger partial charge in [0, 0.05) is 10.9 Å². The molecule has 1 amide bonds. The SMILES string of the molecule is O=C(O)[C@@H]1[C@@H](C(=O)Nc2nc(-c3ccc(F)cc3)cs2)[C@H]2C=C[C@@H]1O2. The number of aliphatic carboxylic acids is 1. The van der Waals surface area contributed by atoms with E-state index >= 15 is 0 Å². The zero-order chi connectivity index (χ0) is 17.6. The fraction of sp³-hybridized carbons (Fsp3) is 0.235. The molecule has 4 atom stereocenters. The molecule has 0 saturated carbocycles. The Morgan fingerprint density at radius 3 is 2.52 bits per heavy atom. The standard InChI is InChI=1S/C17H13FN2O4S/c18-9-3-1-8(2-4-9)10-7-25-17(19-10)20-15(21)13-11-5-6-12(24-11)14(13)16(22)23/h1-7,11-14H,(H,22,23)(H,19,20,21)/t11-,12+,13+,14+/m1/s1. The summed E-state index contributed by atoms with van der Waals surface area (Å²) in [5.74, 6) is -3.50. The molecule has 3 heterocycles. The van der Waals surface area contributed by atoms with Crippen LogP contribution in [0.2, 0.25) is 0 Å². The quantitative estimate of drug-likeness (QED) is 0.818. The number of thiazole rings is 1. The first-order valence-electron chi connectivity index (χ1n) is 7.62. The van der Waals surface area contributed by atoms with Crippen LogP contribution in [0.4, 0.5) is 9.52 Å². The van der Waals surface area contributed by atoms with Crippen LogP contribution in [0.1, 0.15) is 0 Å². The predicted molar refractivity (Wildman–Crippen MR) is 88.6 cm³/mol. The molecule has 8 heteroatoms. The largest absolute Gasteiger partial charge is 0.481 e. The van der Waals surface area contributed by atoms with Crippen LogP contribution in [-0.4, -0.2) is 34.2 Å². The van der Waals surface area contributed by atoms with E-state index in [2.05, 4.69) is 10.3 Å². The minimum atomic E-state index is -1.05. The van der Waals surface area contributed by atoms with E-state index < -0.39 is 35.9 Å². The molecule has 2 aliphatic heterocycles. The molecule has 1 fully saturated rings. The highest BCUT2D eigenvalue weighted by Crippen LogP contribution is 2.40. The Balaban J connectivity index is 1.51. The molecule has 1 aromatic carbocycles. The lowest BCUT2D eigenvalue weighted by atomic mass is 9.82. The highest BCUT2D eigenvalue weighted by Gasteiger charge is 2.53. The van der Waals surface area contributed by atoms with E-state index in [-0.39, 0.29) is 5.82 Å². The van der Waals surface area contributed by atoms with Gasteiger partial charge in [-0.1, -0.05) is 12.2 Å². The van der Waals surface area contributed by atoms with Crippen molar-refractivity contribution in [3.63, 3.8) is 0 Å². The second-order valence-electron chi connectivity index (χ2n) is 5.87. The number of nitrogens with zero attached hydrogens (tertiary/aromatic N) is 1. The summed E-state index contributed by atoms with van der Waals surface area (Å²) in [4.78, 5) is 28.3. The Hall–Kier alpha value is -2.58. The second-order valence-corrected chi connectivity index (χ2v) is 6.73. The predicted octanol–water partition coefficient (Wildman–Crippen LogP) is 2.54. The van der Waals surface area contributed by atoms with Crippen molar-refractivity contribution in [1.29, 1.82) is 0 Å². The summed E-state index contributed by atoms with van der Waals surface area (Å²) >= 11 is 1.22. The van der Waals surface area contributed by atoms with Crippen LogP contribution in [0, 0.1) is 17.7 Å². The number of hydrogen-bond donors (Lipinski definition) is 2. The Morgan fingerprint density at radius 1 is 1.16 bits per heavy atom. The summed E-state index contributed by atoms with van der Waals surface area (Å²) in [7, 11) is 0. The normalized spacial score (nSPS) is 26.8. The molecule has 2 bridgehead atoms. The average Bonchev–Trinajstić information content (AvgIpc) is 3.30. The van der Waals surface area contributed by atoms with Crippen molar-refractivity contribution in [2.24, 2.45) is 11.8 Å². The number of aromatic nitrogens is 1. The fourth-order valence-corrected chi connectivity index (χ4v) is 3.91. The molecule has 2 aromatic rings. The van der Waals surface area contributed by atoms with E-state index in [1.54, 1.807) is 29.7 Å². The number of carbonyl (C=O) groups is 2. The Labute approximate surface area is 146 Å². The first-order chi connectivity index (χ1) is 12.0. The maximum atomic E-state index is 13.0. The van der Waals surface area contributed by atoms with Gasteiger partial charge in [-0.3, -0.25) is 9.59 Å². The molecule has 0 spiro atoms. The molecule has 1 aromatic heterocycles. The maximum Gasteiger partial charge on any atom is 0.310 e. The molecule has 2 aliphatic rings. The topological polar surface area (TPSA) is 88.5 Å². The number of benzene rings is 1. The van der Waals surface area contributed by atoms with Crippen LogP contribution >= 0.6 is 11.3 Å². The van der Waals surface area contributed by atoms with E-state index in [0.717, 1.165) is 5.56 Å². The maximum absolute atomic E-state index is 13.0. The summed E-state index contributed by atoms with van der Waals surface area (Å²) in [5.41, 5.74) is 1.34. The van der Waals surface area contributed by atoms with Crippen LogP contribution in [0.25, 0.3) is 11.3 Å². The Kier molecular flexibility index (Phi) is 3.85. The highest BCUT2D eigenvalue weighted by atomic mass is 32.1. The molecular formula is C17H13FN2O4S. The van der Waals surface area contributed by atoms with Gasteiger partial charge in [-0.2, -0.15) is 0 Å². The van der Waals surface area contributed by atoms with Crippen molar-refractivity contribution < 1.29 is 23.8 Å². The van der Waals surface area contributed by atoms with E-state index in [9.17, 15) is 19.1 Å². The van der Waals surface area contributed by atoms with E-state index in [1.807, 2.05) is 0 Å². The van der Waals surface area contributed by atoms with Gasteiger partial charge in [0.1, 0.15) is 11.7 Å². The van der Waals surface area contributed by atoms with Crippen molar-refractivity contribution in [3.8, 4) is 11.3 Å². The number of hydrogen-bond acceptors (Lipinski definition) is 5. The lowest BCUT2D eigenvalue weighted by molar-refractivity contribution is -0.145. The van der Waals surface area contributed by atoms with Crippen molar-refractivity contribution in [2.75, 3.05) is 5.32 Å². The number of fused-ring (bicyclic) bond motifs is 2. The molecular weight excluding hydrogens is 347 g/mol. The summed E-state index contributed by atoms with van der Waals surface area (Å²) in [5, 5.41) is 14.1. The number of nitrogens with one attached hydrogen (secondary N) is 1. The van der Waals surface area contributed by atoms with Gasteiger partial charge in [-0.25, -0.2) is 9.37 Å². The fourth-order valence-electron chi connectivity index (χ4n) is 3.19. The number of rotatable bonds is 4. The van der Waals surface area contributed by atoms with Gasteiger partial charge in [0.2, 0.25) is 5.91 Å². The van der Waals surface area contributed by atoms with Crippen molar-refractivity contribution in [2.45, 2.75) is 12.2 Å². The minimum absolute atomic E-state index is 0.337. The molecule has 4 rings (SSSR count). The molecule has 0 radical (unpaired) electrons. The molecule has 0 unspecified atom stereocenters. The van der Waals surface area contributed by atoms with Crippen molar-refractivity contribution in [3.05, 3.63) is 47.6 Å². The van der Waals surface area contributed by atoms with Gasteiger partial charge in [-0.05, 0) is 24.3 Å². The van der Waals surface area contributed by atoms with Gasteiger partial charge in [-0.15, -0.1) is 11.3 Å². The van der Waals surface area contributed by atoms with Crippen molar-refractivity contribution >= 4 is 28.3 Å². The summed E-state index contributed by atoms with van der Waals surface area (Å²) < 4.78 is 18.5. The zero-order valence-corrected chi connectivity index (χ0v) is 13.6. The van der Waals surface area contributed by atoms with Crippen LogP contribution in [-0.2, 0) is 14.3 Å². The number of carboxylic acid groups (broad SMARTS) is 1. The Morgan fingerprint density at radius 2 is 1.84 bits per heavy atom. The number of ether oxygens (including phenoxy) is 1. The molecule has 2 N–H and O–H groups in total. The monoisotopic (exact) mass is 360 g/mol. The third-order valence-electron chi connectivity index (χ3n) is 4.36. The number of anilines is 1. The summed E-state index contributed by atoms with van der Waals surface area (Å²) in [6.45, 7) is 0. The Bertz CT molecular complexity index is 864. The lowest BCUT2D eigenvalue weighted by Gasteiger charge is -2.20. The smallest absolute Gasteiger partial charge is 0.310 e. The third kappa shape index (κ3) is 2.83. The first-order valence-corrected chi connectivity index (χ1v) is 8.50. The summed E-state index contributed by atoms with van der Waals surface area (Å²) in [6, 6.07) is 5.88. The molecule has 128 valence electrons. The number of amides is 1. The van der Waals surface area contributed by atoms with E-state index in [0.29, 0.717) is 10.8 Å². The first kappa shape index (κ1) is 15.9.